The molecule has 1 aromatic rings. The lowest BCUT2D eigenvalue weighted by Crippen LogP contribution is -2.31. The molecule has 2 aliphatic rings. The number of benzene rings is 1. The summed E-state index contributed by atoms with van der Waals surface area (Å²) in [5.74, 6) is 1.67. The lowest BCUT2D eigenvalue weighted by atomic mass is 9.92. The zero-order chi connectivity index (χ0) is 15.6. The van der Waals surface area contributed by atoms with Gasteiger partial charge in [-0.15, -0.1) is 12.4 Å². The normalized spacial score (nSPS) is 21.6. The molecule has 0 aromatic heterocycles. The van der Waals surface area contributed by atoms with E-state index in [1.165, 1.54) is 0 Å². The van der Waals surface area contributed by atoms with Gasteiger partial charge in [-0.2, -0.15) is 0 Å². The van der Waals surface area contributed by atoms with Gasteiger partial charge in [0.25, 0.3) is 0 Å². The highest BCUT2D eigenvalue weighted by molar-refractivity contribution is 5.95. The van der Waals surface area contributed by atoms with Crippen LogP contribution in [0.4, 0.5) is 5.69 Å². The quantitative estimate of drug-likeness (QED) is 0.864. The van der Waals surface area contributed by atoms with Crippen molar-refractivity contribution in [2.45, 2.75) is 33.1 Å². The van der Waals surface area contributed by atoms with Crippen molar-refractivity contribution in [3.63, 3.8) is 0 Å². The molecule has 1 spiro atoms. The van der Waals surface area contributed by atoms with E-state index < -0.39 is 0 Å². The summed E-state index contributed by atoms with van der Waals surface area (Å²) in [6.07, 6.45) is 3.30. The smallest absolute Gasteiger partial charge is 0.228 e. The van der Waals surface area contributed by atoms with Gasteiger partial charge in [0, 0.05) is 17.7 Å². The Hall–Kier alpha value is -1.26. The van der Waals surface area contributed by atoms with Crippen LogP contribution in [0.2, 0.25) is 0 Å². The Kier molecular flexibility index (Phi) is 5.93. The minimum absolute atomic E-state index is 0. The summed E-state index contributed by atoms with van der Waals surface area (Å²) in [6.45, 7) is 7.02. The molecule has 1 unspecified atom stereocenters. The molecule has 2 fully saturated rings. The van der Waals surface area contributed by atoms with E-state index in [2.05, 4.69) is 24.5 Å². The van der Waals surface area contributed by atoms with Crippen molar-refractivity contribution in [1.29, 1.82) is 0 Å². The standard InChI is InChI=1S/C18H26N2O2.ClH/c1-13(2)12-22-15-5-3-4-14(10-15)20-17(21)16-11-18(16)6-8-19-9-7-18;/h3-5,10,13,16,19H,6-9,11-12H2,1-2H3,(H,20,21);1H. The van der Waals surface area contributed by atoms with Crippen molar-refractivity contribution in [3.8, 4) is 5.75 Å². The summed E-state index contributed by atoms with van der Waals surface area (Å²) in [7, 11) is 0. The molecular formula is C18H27ClN2O2. The third-order valence-corrected chi connectivity index (χ3v) is 4.79. The molecule has 23 heavy (non-hydrogen) atoms. The number of amides is 1. The van der Waals surface area contributed by atoms with E-state index in [4.69, 9.17) is 4.74 Å². The van der Waals surface area contributed by atoms with Crippen molar-refractivity contribution in [1.82, 2.24) is 5.32 Å². The van der Waals surface area contributed by atoms with Crippen molar-refractivity contribution in [2.24, 2.45) is 17.3 Å². The van der Waals surface area contributed by atoms with Gasteiger partial charge in [-0.3, -0.25) is 4.79 Å². The number of nitrogens with one attached hydrogen (secondary N) is 2. The van der Waals surface area contributed by atoms with Gasteiger partial charge in [-0.1, -0.05) is 19.9 Å². The van der Waals surface area contributed by atoms with Crippen molar-refractivity contribution < 1.29 is 9.53 Å². The van der Waals surface area contributed by atoms with Crippen LogP contribution >= 0.6 is 12.4 Å². The maximum atomic E-state index is 12.5. The molecule has 1 aliphatic heterocycles. The van der Waals surface area contributed by atoms with Crippen molar-refractivity contribution in [3.05, 3.63) is 24.3 Å². The van der Waals surface area contributed by atoms with E-state index in [9.17, 15) is 4.79 Å². The number of anilines is 1. The third kappa shape index (κ3) is 4.39. The second kappa shape index (κ2) is 7.54. The number of rotatable bonds is 5. The fourth-order valence-corrected chi connectivity index (χ4v) is 3.35. The number of carbonyl (C=O) groups excluding carboxylic acids is 1. The van der Waals surface area contributed by atoms with Crippen LogP contribution in [0.3, 0.4) is 0 Å². The van der Waals surface area contributed by atoms with Crippen LogP contribution in [0.25, 0.3) is 0 Å². The van der Waals surface area contributed by atoms with E-state index in [1.54, 1.807) is 0 Å². The molecule has 1 aromatic carbocycles. The molecule has 4 nitrogen and oxygen atoms in total. The van der Waals surface area contributed by atoms with Crippen LogP contribution < -0.4 is 15.4 Å². The zero-order valence-electron chi connectivity index (χ0n) is 13.9. The highest BCUT2D eigenvalue weighted by atomic mass is 35.5. The Morgan fingerprint density at radius 3 is 2.83 bits per heavy atom. The Morgan fingerprint density at radius 1 is 1.39 bits per heavy atom. The first kappa shape index (κ1) is 18.1. The predicted molar refractivity (Wildman–Crippen MR) is 95.3 cm³/mol. The average molecular weight is 339 g/mol. The first-order chi connectivity index (χ1) is 10.6. The van der Waals surface area contributed by atoms with Gasteiger partial charge in [0.05, 0.1) is 6.61 Å². The molecule has 0 bridgehead atoms. The van der Waals surface area contributed by atoms with Gasteiger partial charge in [-0.05, 0) is 55.8 Å². The predicted octanol–water partition coefficient (Wildman–Crippen LogP) is 3.47. The van der Waals surface area contributed by atoms with E-state index in [0.29, 0.717) is 12.5 Å². The molecule has 1 heterocycles. The van der Waals surface area contributed by atoms with Crippen molar-refractivity contribution in [2.75, 3.05) is 25.0 Å². The largest absolute Gasteiger partial charge is 0.493 e. The van der Waals surface area contributed by atoms with Crippen LogP contribution in [0, 0.1) is 17.3 Å². The van der Waals surface area contributed by atoms with Crippen LogP contribution in [-0.4, -0.2) is 25.6 Å². The number of hydrogen-bond acceptors (Lipinski definition) is 3. The number of ether oxygens (including phenoxy) is 1. The summed E-state index contributed by atoms with van der Waals surface area (Å²) in [6, 6.07) is 7.71. The molecule has 2 N–H and O–H groups in total. The first-order valence-corrected chi connectivity index (χ1v) is 8.33. The Morgan fingerprint density at radius 2 is 2.13 bits per heavy atom. The number of hydrogen-bond donors (Lipinski definition) is 2. The molecular weight excluding hydrogens is 312 g/mol. The highest BCUT2D eigenvalue weighted by Gasteiger charge is 2.57. The summed E-state index contributed by atoms with van der Waals surface area (Å²) >= 11 is 0. The monoisotopic (exact) mass is 338 g/mol. The van der Waals surface area contributed by atoms with E-state index >= 15 is 0 Å². The summed E-state index contributed by atoms with van der Waals surface area (Å²) in [4.78, 5) is 12.5. The molecule has 3 rings (SSSR count). The average Bonchev–Trinajstić information content (AvgIpc) is 3.20. The van der Waals surface area contributed by atoms with Crippen molar-refractivity contribution >= 4 is 24.0 Å². The van der Waals surface area contributed by atoms with Gasteiger partial charge in [0.1, 0.15) is 5.75 Å². The Bertz CT molecular complexity index is 542. The molecule has 0 radical (unpaired) electrons. The maximum Gasteiger partial charge on any atom is 0.228 e. The Balaban J connectivity index is 0.00000192. The summed E-state index contributed by atoms with van der Waals surface area (Å²) < 4.78 is 5.72. The minimum atomic E-state index is 0. The third-order valence-electron chi connectivity index (χ3n) is 4.79. The first-order valence-electron chi connectivity index (χ1n) is 8.33. The maximum absolute atomic E-state index is 12.5. The fraction of sp³-hybridized carbons (Fsp3) is 0.611. The molecule has 1 saturated carbocycles. The van der Waals surface area contributed by atoms with Crippen LogP contribution in [0.5, 0.6) is 5.75 Å². The molecule has 1 amide bonds. The molecule has 5 heteroatoms. The zero-order valence-corrected chi connectivity index (χ0v) is 14.7. The van der Waals surface area contributed by atoms with Crippen LogP contribution in [-0.2, 0) is 4.79 Å². The van der Waals surface area contributed by atoms with Gasteiger partial charge in [0.2, 0.25) is 5.91 Å². The molecule has 1 aliphatic carbocycles. The van der Waals surface area contributed by atoms with Gasteiger partial charge < -0.3 is 15.4 Å². The number of halogens is 1. The van der Waals surface area contributed by atoms with Gasteiger partial charge in [0.15, 0.2) is 0 Å². The topological polar surface area (TPSA) is 50.4 Å². The summed E-state index contributed by atoms with van der Waals surface area (Å²) in [5.41, 5.74) is 1.11. The van der Waals surface area contributed by atoms with Crippen LogP contribution in [0.15, 0.2) is 24.3 Å². The van der Waals surface area contributed by atoms with E-state index in [1.807, 2.05) is 24.3 Å². The molecule has 128 valence electrons. The van der Waals surface area contributed by atoms with Crippen LogP contribution in [0.1, 0.15) is 33.1 Å². The fourth-order valence-electron chi connectivity index (χ4n) is 3.35. The Labute approximate surface area is 144 Å². The molecule has 1 saturated heterocycles. The number of piperidine rings is 1. The summed E-state index contributed by atoms with van der Waals surface area (Å²) in [5, 5.41) is 6.44. The van der Waals surface area contributed by atoms with E-state index in [-0.39, 0.29) is 29.6 Å². The second-order valence-electron chi connectivity index (χ2n) is 7.09. The number of carbonyl (C=O) groups is 1. The van der Waals surface area contributed by atoms with Gasteiger partial charge >= 0.3 is 0 Å². The van der Waals surface area contributed by atoms with E-state index in [0.717, 1.165) is 43.8 Å². The lowest BCUT2D eigenvalue weighted by Gasteiger charge is -2.23. The highest BCUT2D eigenvalue weighted by Crippen LogP contribution is 2.58. The second-order valence-corrected chi connectivity index (χ2v) is 7.09. The minimum Gasteiger partial charge on any atom is -0.493 e. The molecule has 1 atom stereocenters. The lowest BCUT2D eigenvalue weighted by molar-refractivity contribution is -0.118. The SMILES string of the molecule is CC(C)COc1cccc(NC(=O)C2CC23CCNCC3)c1.Cl. The van der Waals surface area contributed by atoms with Gasteiger partial charge in [-0.25, -0.2) is 0 Å².